The van der Waals surface area contributed by atoms with Gasteiger partial charge in [0, 0.05) is 30.7 Å². The fourth-order valence-corrected chi connectivity index (χ4v) is 3.87. The van der Waals surface area contributed by atoms with Gasteiger partial charge in [-0.05, 0) is 43.9 Å². The standard InChI is InChI=1S/C17H21Cl2N3O2/c18-11-5-6-14(19)13(9-11)16(23)22-8-2-4-15(22)17(24)21-7-1-3-12(20)10-21/h5-6,9,12,15H,1-4,7-8,10,20H2. The molecule has 0 bridgehead atoms. The van der Waals surface area contributed by atoms with Gasteiger partial charge in [-0.3, -0.25) is 9.59 Å². The van der Waals surface area contributed by atoms with Crippen molar-refractivity contribution in [1.82, 2.24) is 9.80 Å². The van der Waals surface area contributed by atoms with E-state index in [-0.39, 0.29) is 17.9 Å². The molecule has 2 unspecified atom stereocenters. The van der Waals surface area contributed by atoms with Gasteiger partial charge in [0.1, 0.15) is 6.04 Å². The molecule has 2 atom stereocenters. The Hall–Kier alpha value is -1.30. The van der Waals surface area contributed by atoms with Gasteiger partial charge in [0.05, 0.1) is 10.6 Å². The summed E-state index contributed by atoms with van der Waals surface area (Å²) in [6.45, 7) is 1.83. The highest BCUT2D eigenvalue weighted by atomic mass is 35.5. The first-order valence-electron chi connectivity index (χ1n) is 8.28. The first-order chi connectivity index (χ1) is 11.5. The molecule has 5 nitrogen and oxygen atoms in total. The maximum atomic E-state index is 12.9. The maximum Gasteiger partial charge on any atom is 0.256 e. The van der Waals surface area contributed by atoms with Crippen LogP contribution < -0.4 is 5.73 Å². The topological polar surface area (TPSA) is 66.6 Å². The quantitative estimate of drug-likeness (QED) is 0.870. The number of nitrogens with zero attached hydrogens (tertiary/aromatic N) is 2. The molecule has 0 radical (unpaired) electrons. The van der Waals surface area contributed by atoms with E-state index in [0.717, 1.165) is 19.3 Å². The summed E-state index contributed by atoms with van der Waals surface area (Å²) in [6, 6.07) is 4.40. The number of carbonyl (C=O) groups is 2. The van der Waals surface area contributed by atoms with Gasteiger partial charge in [0.25, 0.3) is 5.91 Å². The number of hydrogen-bond acceptors (Lipinski definition) is 3. The largest absolute Gasteiger partial charge is 0.339 e. The van der Waals surface area contributed by atoms with E-state index in [2.05, 4.69) is 0 Å². The SMILES string of the molecule is NC1CCCN(C(=O)C2CCCN2C(=O)c2cc(Cl)ccc2Cl)C1. The Labute approximate surface area is 151 Å². The third-order valence-corrected chi connectivity index (χ3v) is 5.29. The van der Waals surface area contributed by atoms with Crippen molar-refractivity contribution in [2.45, 2.75) is 37.8 Å². The second-order valence-electron chi connectivity index (χ2n) is 6.47. The Morgan fingerprint density at radius 2 is 1.88 bits per heavy atom. The van der Waals surface area contributed by atoms with Gasteiger partial charge in [-0.25, -0.2) is 0 Å². The van der Waals surface area contributed by atoms with Gasteiger partial charge in [0.15, 0.2) is 0 Å². The number of nitrogens with two attached hydrogens (primary N) is 1. The molecule has 2 saturated heterocycles. The molecule has 24 heavy (non-hydrogen) atoms. The number of piperidine rings is 1. The fraction of sp³-hybridized carbons (Fsp3) is 0.529. The van der Waals surface area contributed by atoms with Crippen LogP contribution in [0.1, 0.15) is 36.0 Å². The van der Waals surface area contributed by atoms with Gasteiger partial charge >= 0.3 is 0 Å². The number of hydrogen-bond donors (Lipinski definition) is 1. The lowest BCUT2D eigenvalue weighted by Gasteiger charge is -2.35. The number of amides is 2. The summed E-state index contributed by atoms with van der Waals surface area (Å²) in [5.74, 6) is -0.242. The molecule has 130 valence electrons. The van der Waals surface area contributed by atoms with E-state index in [1.54, 1.807) is 28.0 Å². The van der Waals surface area contributed by atoms with Crippen LogP contribution in [0.25, 0.3) is 0 Å². The minimum atomic E-state index is -0.433. The van der Waals surface area contributed by atoms with Crippen LogP contribution in [0.4, 0.5) is 0 Å². The van der Waals surface area contributed by atoms with Gasteiger partial charge < -0.3 is 15.5 Å². The molecular formula is C17H21Cl2N3O2. The van der Waals surface area contributed by atoms with Crippen molar-refractivity contribution in [2.24, 2.45) is 5.73 Å². The minimum Gasteiger partial charge on any atom is -0.339 e. The van der Waals surface area contributed by atoms with Crippen molar-refractivity contribution in [2.75, 3.05) is 19.6 Å². The van der Waals surface area contributed by atoms with Crippen LogP contribution in [0.5, 0.6) is 0 Å². The summed E-state index contributed by atoms with van der Waals surface area (Å²) in [6.07, 6.45) is 3.33. The van der Waals surface area contributed by atoms with E-state index in [1.807, 2.05) is 0 Å². The summed E-state index contributed by atoms with van der Waals surface area (Å²) >= 11 is 12.1. The summed E-state index contributed by atoms with van der Waals surface area (Å²) in [5.41, 5.74) is 6.32. The highest BCUT2D eigenvalue weighted by Gasteiger charge is 2.38. The molecule has 0 spiro atoms. The first-order valence-corrected chi connectivity index (χ1v) is 9.03. The van der Waals surface area contributed by atoms with Crippen LogP contribution >= 0.6 is 23.2 Å². The summed E-state index contributed by atoms with van der Waals surface area (Å²) in [4.78, 5) is 29.2. The van der Waals surface area contributed by atoms with Crippen LogP contribution in [0.3, 0.4) is 0 Å². The Morgan fingerprint density at radius 1 is 1.12 bits per heavy atom. The van der Waals surface area contributed by atoms with Crippen LogP contribution in [-0.4, -0.2) is 53.3 Å². The van der Waals surface area contributed by atoms with Crippen LogP contribution in [-0.2, 0) is 4.79 Å². The zero-order valence-electron chi connectivity index (χ0n) is 13.4. The summed E-state index contributed by atoms with van der Waals surface area (Å²) in [5, 5.41) is 0.800. The lowest BCUT2D eigenvalue weighted by molar-refractivity contribution is -0.136. The summed E-state index contributed by atoms with van der Waals surface area (Å²) in [7, 11) is 0. The lowest BCUT2D eigenvalue weighted by atomic mass is 10.0. The van der Waals surface area contributed by atoms with Crippen molar-refractivity contribution >= 4 is 35.0 Å². The van der Waals surface area contributed by atoms with Crippen LogP contribution in [0, 0.1) is 0 Å². The third-order valence-electron chi connectivity index (χ3n) is 4.73. The van der Waals surface area contributed by atoms with Crippen molar-refractivity contribution < 1.29 is 9.59 Å². The van der Waals surface area contributed by atoms with Crippen molar-refractivity contribution in [3.63, 3.8) is 0 Å². The van der Waals surface area contributed by atoms with E-state index < -0.39 is 6.04 Å². The second-order valence-corrected chi connectivity index (χ2v) is 7.31. The molecule has 0 saturated carbocycles. The van der Waals surface area contributed by atoms with E-state index in [1.165, 1.54) is 0 Å². The van der Waals surface area contributed by atoms with Gasteiger partial charge in [0.2, 0.25) is 5.91 Å². The first kappa shape index (κ1) is 17.5. The van der Waals surface area contributed by atoms with E-state index in [4.69, 9.17) is 28.9 Å². The predicted octanol–water partition coefficient (Wildman–Crippen LogP) is 2.55. The minimum absolute atomic E-state index is 0.00542. The Balaban J connectivity index is 1.78. The Bertz CT molecular complexity index is 653. The molecule has 1 aromatic carbocycles. The normalized spacial score (nSPS) is 24.3. The summed E-state index contributed by atoms with van der Waals surface area (Å²) < 4.78 is 0. The molecule has 2 aliphatic rings. The lowest BCUT2D eigenvalue weighted by Crippen LogP contribution is -2.53. The van der Waals surface area contributed by atoms with Gasteiger partial charge in [-0.15, -0.1) is 0 Å². The number of likely N-dealkylation sites (tertiary alicyclic amines) is 2. The molecule has 2 heterocycles. The van der Waals surface area contributed by atoms with Gasteiger partial charge in [-0.2, -0.15) is 0 Å². The van der Waals surface area contributed by atoms with E-state index in [0.29, 0.717) is 41.7 Å². The van der Waals surface area contributed by atoms with E-state index >= 15 is 0 Å². The highest BCUT2D eigenvalue weighted by Crippen LogP contribution is 2.27. The molecule has 2 amide bonds. The number of rotatable bonds is 2. The zero-order chi connectivity index (χ0) is 17.3. The predicted molar refractivity (Wildman–Crippen MR) is 94.3 cm³/mol. The van der Waals surface area contributed by atoms with Crippen molar-refractivity contribution in [3.8, 4) is 0 Å². The second kappa shape index (κ2) is 7.30. The molecular weight excluding hydrogens is 349 g/mol. The van der Waals surface area contributed by atoms with Crippen molar-refractivity contribution in [3.05, 3.63) is 33.8 Å². The Kier molecular flexibility index (Phi) is 5.33. The molecule has 3 rings (SSSR count). The molecule has 2 fully saturated rings. The average molecular weight is 370 g/mol. The van der Waals surface area contributed by atoms with Crippen molar-refractivity contribution in [1.29, 1.82) is 0 Å². The molecule has 0 aromatic heterocycles. The smallest absolute Gasteiger partial charge is 0.256 e. The molecule has 2 aliphatic heterocycles. The zero-order valence-corrected chi connectivity index (χ0v) is 14.9. The monoisotopic (exact) mass is 369 g/mol. The molecule has 7 heteroatoms. The number of benzene rings is 1. The van der Waals surface area contributed by atoms with E-state index in [9.17, 15) is 9.59 Å². The molecule has 2 N–H and O–H groups in total. The molecule has 0 aliphatic carbocycles. The average Bonchev–Trinajstić information content (AvgIpc) is 3.05. The van der Waals surface area contributed by atoms with Crippen LogP contribution in [0.2, 0.25) is 10.0 Å². The third kappa shape index (κ3) is 3.53. The van der Waals surface area contributed by atoms with Gasteiger partial charge in [-0.1, -0.05) is 23.2 Å². The fourth-order valence-electron chi connectivity index (χ4n) is 3.50. The Morgan fingerprint density at radius 3 is 2.62 bits per heavy atom. The number of halogens is 2. The highest BCUT2D eigenvalue weighted by molar-refractivity contribution is 6.35. The maximum absolute atomic E-state index is 12.9. The van der Waals surface area contributed by atoms with Crippen LogP contribution in [0.15, 0.2) is 18.2 Å². The molecule has 1 aromatic rings. The number of carbonyl (C=O) groups excluding carboxylic acids is 2.